The average molecular weight is 266 g/mol. The molecule has 1 atom stereocenters. The van der Waals surface area contributed by atoms with Crippen LogP contribution in [0.4, 0.5) is 0 Å². The molecule has 0 heterocycles. The highest BCUT2D eigenvalue weighted by atomic mass is 32.2. The fourth-order valence-electron chi connectivity index (χ4n) is 0.998. The summed E-state index contributed by atoms with van der Waals surface area (Å²) < 4.78 is 21.2. The van der Waals surface area contributed by atoms with Crippen molar-refractivity contribution in [3.8, 4) is 18.1 Å². The maximum Gasteiger partial charge on any atom is 0.232 e. The van der Waals surface area contributed by atoms with E-state index in [0.717, 1.165) is 5.56 Å². The molecule has 0 aliphatic rings. The van der Waals surface area contributed by atoms with E-state index < -0.39 is 11.1 Å². The summed E-state index contributed by atoms with van der Waals surface area (Å²) in [5.41, 5.74) is 0.979. The Morgan fingerprint density at radius 1 is 1.39 bits per heavy atom. The van der Waals surface area contributed by atoms with E-state index >= 15 is 0 Å². The van der Waals surface area contributed by atoms with Gasteiger partial charge in [0.2, 0.25) is 11.1 Å². The van der Waals surface area contributed by atoms with E-state index in [0.29, 0.717) is 19.0 Å². The molecule has 0 bridgehead atoms. The fourth-order valence-corrected chi connectivity index (χ4v) is 1.37. The van der Waals surface area contributed by atoms with Gasteiger partial charge >= 0.3 is 0 Å². The van der Waals surface area contributed by atoms with Gasteiger partial charge in [0.05, 0.1) is 6.61 Å². The van der Waals surface area contributed by atoms with Crippen LogP contribution in [0.2, 0.25) is 0 Å². The zero-order valence-corrected chi connectivity index (χ0v) is 11.5. The minimum absolute atomic E-state index is 0.290. The summed E-state index contributed by atoms with van der Waals surface area (Å²) in [7, 11) is 0. The van der Waals surface area contributed by atoms with Gasteiger partial charge in [-0.3, -0.25) is 0 Å². The van der Waals surface area contributed by atoms with Crippen molar-refractivity contribution in [3.63, 3.8) is 0 Å². The molecule has 1 rings (SSSR count). The van der Waals surface area contributed by atoms with Gasteiger partial charge in [-0.25, -0.2) is 4.21 Å². The Hall–Kier alpha value is -1.57. The summed E-state index contributed by atoms with van der Waals surface area (Å²) in [6.45, 7) is 8.10. The second-order valence-electron chi connectivity index (χ2n) is 2.85. The first-order valence-corrected chi connectivity index (χ1v) is 6.71. The predicted molar refractivity (Wildman–Crippen MR) is 75.2 cm³/mol. The first kappa shape index (κ1) is 16.4. The molecule has 0 saturated heterocycles. The molecule has 0 aliphatic carbocycles. The zero-order chi connectivity index (χ0) is 13.8. The molecule has 0 radical (unpaired) electrons. The standard InChI is InChI=1S/C12H12O3S.C2H6/c1-3-9-14-10-11-5-7-12(8-6-11)15-16(13)4-2;1-2/h1,4-8H,2,9-10H2;1-2H3. The van der Waals surface area contributed by atoms with Crippen molar-refractivity contribution in [1.29, 1.82) is 0 Å². The summed E-state index contributed by atoms with van der Waals surface area (Å²) in [5, 5.41) is 1.23. The minimum atomic E-state index is -1.49. The molecule has 0 spiro atoms. The van der Waals surface area contributed by atoms with E-state index in [-0.39, 0.29) is 0 Å². The normalized spacial score (nSPS) is 10.5. The van der Waals surface area contributed by atoms with Crippen LogP contribution in [0.5, 0.6) is 5.75 Å². The van der Waals surface area contributed by atoms with Crippen LogP contribution in [0.25, 0.3) is 0 Å². The van der Waals surface area contributed by atoms with Gasteiger partial charge in [0.15, 0.2) is 0 Å². The van der Waals surface area contributed by atoms with E-state index in [2.05, 4.69) is 12.5 Å². The monoisotopic (exact) mass is 266 g/mol. The van der Waals surface area contributed by atoms with E-state index in [9.17, 15) is 4.21 Å². The van der Waals surface area contributed by atoms with Crippen molar-refractivity contribution < 1.29 is 13.1 Å². The second-order valence-corrected chi connectivity index (χ2v) is 3.87. The summed E-state index contributed by atoms with van der Waals surface area (Å²) in [6, 6.07) is 7.09. The molecule has 0 aromatic heterocycles. The van der Waals surface area contributed by atoms with Gasteiger partial charge in [0, 0.05) is 5.41 Å². The van der Waals surface area contributed by atoms with Gasteiger partial charge in [0.25, 0.3) is 0 Å². The number of rotatable bonds is 6. The Morgan fingerprint density at radius 3 is 2.50 bits per heavy atom. The first-order chi connectivity index (χ1) is 8.76. The highest BCUT2D eigenvalue weighted by molar-refractivity contribution is 7.83. The molecule has 0 fully saturated rings. The minimum Gasteiger partial charge on any atom is -0.397 e. The van der Waals surface area contributed by atoms with Gasteiger partial charge in [-0.15, -0.1) is 6.42 Å². The van der Waals surface area contributed by atoms with Crippen LogP contribution < -0.4 is 4.18 Å². The summed E-state index contributed by atoms with van der Waals surface area (Å²) in [4.78, 5) is 0. The van der Waals surface area contributed by atoms with Crippen molar-refractivity contribution in [2.75, 3.05) is 6.61 Å². The molecule has 98 valence electrons. The summed E-state index contributed by atoms with van der Waals surface area (Å²) in [5.74, 6) is 2.91. The first-order valence-electron chi connectivity index (χ1n) is 5.58. The molecule has 18 heavy (non-hydrogen) atoms. The van der Waals surface area contributed by atoms with Gasteiger partial charge < -0.3 is 8.92 Å². The third-order valence-corrected chi connectivity index (χ3v) is 2.32. The van der Waals surface area contributed by atoms with E-state index in [4.69, 9.17) is 15.3 Å². The number of ether oxygens (including phenoxy) is 1. The van der Waals surface area contributed by atoms with Crippen LogP contribution in [0.3, 0.4) is 0 Å². The largest absolute Gasteiger partial charge is 0.397 e. The summed E-state index contributed by atoms with van der Waals surface area (Å²) >= 11 is -1.49. The number of terminal acetylenes is 1. The van der Waals surface area contributed by atoms with Gasteiger partial charge in [-0.1, -0.05) is 38.5 Å². The molecule has 0 saturated carbocycles. The second kappa shape index (κ2) is 10.6. The van der Waals surface area contributed by atoms with Gasteiger partial charge in [-0.2, -0.15) is 0 Å². The molecule has 0 N–H and O–H groups in total. The Morgan fingerprint density at radius 2 is 2.00 bits per heavy atom. The molecule has 0 aliphatic heterocycles. The fraction of sp³-hybridized carbons (Fsp3) is 0.286. The third kappa shape index (κ3) is 6.89. The molecule has 1 unspecified atom stereocenters. The van der Waals surface area contributed by atoms with Crippen LogP contribution in [-0.4, -0.2) is 10.8 Å². The van der Waals surface area contributed by atoms with Crippen molar-refractivity contribution in [1.82, 2.24) is 0 Å². The maximum absolute atomic E-state index is 11.0. The Kier molecular flexibility index (Phi) is 9.65. The van der Waals surface area contributed by atoms with Crippen LogP contribution in [-0.2, 0) is 22.4 Å². The van der Waals surface area contributed by atoms with Crippen LogP contribution in [0.15, 0.2) is 36.3 Å². The van der Waals surface area contributed by atoms with E-state index in [1.807, 2.05) is 26.0 Å². The van der Waals surface area contributed by atoms with E-state index in [1.165, 1.54) is 5.41 Å². The van der Waals surface area contributed by atoms with Crippen LogP contribution >= 0.6 is 0 Å². The molecule has 0 amide bonds. The number of hydrogen-bond donors (Lipinski definition) is 0. The number of hydrogen-bond acceptors (Lipinski definition) is 3. The Bertz CT molecular complexity index is 404. The highest BCUT2D eigenvalue weighted by Crippen LogP contribution is 2.14. The number of benzene rings is 1. The lowest BCUT2D eigenvalue weighted by Gasteiger charge is -2.03. The topological polar surface area (TPSA) is 35.5 Å². The van der Waals surface area contributed by atoms with Crippen LogP contribution in [0, 0.1) is 12.3 Å². The Labute approximate surface area is 111 Å². The highest BCUT2D eigenvalue weighted by Gasteiger charge is 1.98. The average Bonchev–Trinajstić information content (AvgIpc) is 2.43. The molecular formula is C14H18O3S. The quantitative estimate of drug-likeness (QED) is 0.586. The van der Waals surface area contributed by atoms with Crippen molar-refractivity contribution in [2.24, 2.45) is 0 Å². The molecule has 1 aromatic rings. The molecule has 1 aromatic carbocycles. The maximum atomic E-state index is 11.0. The third-order valence-electron chi connectivity index (χ3n) is 1.69. The summed E-state index contributed by atoms with van der Waals surface area (Å²) in [6.07, 6.45) is 5.05. The lowest BCUT2D eigenvalue weighted by molar-refractivity contribution is 0.153. The Balaban J connectivity index is 0.00000137. The zero-order valence-electron chi connectivity index (χ0n) is 10.7. The molecule has 4 heteroatoms. The smallest absolute Gasteiger partial charge is 0.232 e. The SMILES string of the molecule is C#CCOCc1ccc(OS(=O)C=C)cc1.CC. The van der Waals surface area contributed by atoms with Crippen molar-refractivity contribution in [3.05, 3.63) is 41.8 Å². The van der Waals surface area contributed by atoms with Crippen molar-refractivity contribution in [2.45, 2.75) is 20.5 Å². The van der Waals surface area contributed by atoms with E-state index in [1.54, 1.807) is 12.1 Å². The molecule has 3 nitrogen and oxygen atoms in total. The lowest BCUT2D eigenvalue weighted by Crippen LogP contribution is -1.96. The molecular weight excluding hydrogens is 248 g/mol. The van der Waals surface area contributed by atoms with Crippen LogP contribution in [0.1, 0.15) is 19.4 Å². The predicted octanol–water partition coefficient (Wildman–Crippen LogP) is 3.05. The lowest BCUT2D eigenvalue weighted by atomic mass is 10.2. The van der Waals surface area contributed by atoms with Gasteiger partial charge in [0.1, 0.15) is 12.4 Å². The van der Waals surface area contributed by atoms with Crippen molar-refractivity contribution >= 4 is 11.1 Å². The van der Waals surface area contributed by atoms with Gasteiger partial charge in [-0.05, 0) is 17.7 Å².